The summed E-state index contributed by atoms with van der Waals surface area (Å²) in [6, 6.07) is 20.5. The quantitative estimate of drug-likeness (QED) is 0.350. The largest absolute Gasteiger partial charge is 0.492 e. The van der Waals surface area contributed by atoms with Gasteiger partial charge in [-0.1, -0.05) is 47.9 Å². The highest BCUT2D eigenvalue weighted by molar-refractivity contribution is 6.32. The molecule has 0 bridgehead atoms. The maximum atomic E-state index is 14.3. The van der Waals surface area contributed by atoms with Crippen molar-refractivity contribution < 1.29 is 9.13 Å². The minimum atomic E-state index is -0.445. The van der Waals surface area contributed by atoms with Crippen LogP contribution in [-0.2, 0) is 11.8 Å². The molecule has 0 aromatic heterocycles. The summed E-state index contributed by atoms with van der Waals surface area (Å²) < 4.78 is 19.8. The molecule has 0 heterocycles. The molecule has 0 aliphatic carbocycles. The Kier molecular flexibility index (Phi) is 7.60. The molecule has 0 aliphatic rings. The van der Waals surface area contributed by atoms with Crippen molar-refractivity contribution in [2.24, 2.45) is 0 Å². The molecule has 2 nitrogen and oxygen atoms in total. The fraction of sp³-hybridized carbons (Fsp3) is 0.259. The summed E-state index contributed by atoms with van der Waals surface area (Å²) >= 11 is 6.36. The van der Waals surface area contributed by atoms with Gasteiger partial charge in [-0.3, -0.25) is 0 Å². The van der Waals surface area contributed by atoms with E-state index in [0.717, 1.165) is 36.1 Å². The van der Waals surface area contributed by atoms with Crippen LogP contribution in [0.5, 0.6) is 5.75 Å². The van der Waals surface area contributed by atoms with Gasteiger partial charge in [-0.05, 0) is 80.6 Å². The van der Waals surface area contributed by atoms with Crippen LogP contribution in [0.25, 0.3) is 0 Å². The smallest absolute Gasteiger partial charge is 0.146 e. The van der Waals surface area contributed by atoms with E-state index in [1.165, 1.54) is 6.07 Å². The van der Waals surface area contributed by atoms with Gasteiger partial charge >= 0.3 is 0 Å². The van der Waals surface area contributed by atoms with Gasteiger partial charge in [-0.25, -0.2) is 4.39 Å². The Bertz CT molecular complexity index is 1060. The van der Waals surface area contributed by atoms with Crippen molar-refractivity contribution in [1.82, 2.24) is 0 Å². The normalized spacial score (nSPS) is 12.6. The van der Waals surface area contributed by atoms with Gasteiger partial charge in [0.05, 0.1) is 22.7 Å². The van der Waals surface area contributed by atoms with Gasteiger partial charge < -0.3 is 10.1 Å². The molecule has 31 heavy (non-hydrogen) atoms. The molecule has 4 heteroatoms. The van der Waals surface area contributed by atoms with Crippen LogP contribution in [0.3, 0.4) is 0 Å². The zero-order valence-corrected chi connectivity index (χ0v) is 18.7. The average Bonchev–Trinajstić information content (AvgIpc) is 2.78. The Balaban J connectivity index is 1.67. The molecule has 1 N–H and O–H groups in total. The standard InChI is InChI=1S/C27H27ClFNO/c1-4-27(3,21-14-16-26(31-5-2)23(28)19-21)17-9-10-20-13-15-24(29)25(18-20)30-22-11-7-6-8-12-22/h1,6-8,11-16,18-19,30H,5,9-10,17H2,2-3H3. The maximum Gasteiger partial charge on any atom is 0.146 e. The molecule has 0 amide bonds. The number of rotatable bonds is 9. The number of terminal acetylenes is 1. The van der Waals surface area contributed by atoms with E-state index in [9.17, 15) is 4.39 Å². The first-order valence-electron chi connectivity index (χ1n) is 10.5. The van der Waals surface area contributed by atoms with Crippen molar-refractivity contribution in [3.63, 3.8) is 0 Å². The van der Waals surface area contributed by atoms with Crippen LogP contribution in [0, 0.1) is 18.2 Å². The number of hydrogen-bond acceptors (Lipinski definition) is 2. The Hall–Kier alpha value is -2.96. The fourth-order valence-electron chi connectivity index (χ4n) is 3.56. The monoisotopic (exact) mass is 435 g/mol. The molecule has 3 aromatic carbocycles. The van der Waals surface area contributed by atoms with Gasteiger partial charge in [0.1, 0.15) is 11.6 Å². The van der Waals surface area contributed by atoms with E-state index in [1.54, 1.807) is 0 Å². The Morgan fingerprint density at radius 2 is 1.87 bits per heavy atom. The van der Waals surface area contributed by atoms with E-state index in [2.05, 4.69) is 11.2 Å². The lowest BCUT2D eigenvalue weighted by Gasteiger charge is -2.25. The molecule has 0 fully saturated rings. The van der Waals surface area contributed by atoms with E-state index in [1.807, 2.05) is 74.5 Å². The lowest BCUT2D eigenvalue weighted by molar-refractivity contribution is 0.340. The molecule has 0 spiro atoms. The van der Waals surface area contributed by atoms with Crippen molar-refractivity contribution in [2.45, 2.75) is 38.5 Å². The zero-order valence-electron chi connectivity index (χ0n) is 17.9. The summed E-state index contributed by atoms with van der Waals surface area (Å²) in [4.78, 5) is 0. The minimum Gasteiger partial charge on any atom is -0.492 e. The fourth-order valence-corrected chi connectivity index (χ4v) is 3.80. The summed E-state index contributed by atoms with van der Waals surface area (Å²) in [6.45, 7) is 4.53. The summed E-state index contributed by atoms with van der Waals surface area (Å²) in [5, 5.41) is 3.71. The number of nitrogens with one attached hydrogen (secondary N) is 1. The molecule has 0 saturated heterocycles. The SMILES string of the molecule is C#CC(C)(CCCc1ccc(F)c(Nc2ccccc2)c1)c1ccc(OCC)c(Cl)c1. The Morgan fingerprint density at radius 1 is 1.10 bits per heavy atom. The van der Waals surface area contributed by atoms with Crippen LogP contribution < -0.4 is 10.1 Å². The summed E-state index contributed by atoms with van der Waals surface area (Å²) in [7, 11) is 0. The van der Waals surface area contributed by atoms with Gasteiger partial charge in [0.2, 0.25) is 0 Å². The van der Waals surface area contributed by atoms with E-state index in [0.29, 0.717) is 23.1 Å². The number of aryl methyl sites for hydroxylation is 1. The van der Waals surface area contributed by atoms with E-state index in [-0.39, 0.29) is 5.82 Å². The highest BCUT2D eigenvalue weighted by atomic mass is 35.5. The van der Waals surface area contributed by atoms with Crippen molar-refractivity contribution >= 4 is 23.0 Å². The van der Waals surface area contributed by atoms with Crippen molar-refractivity contribution in [1.29, 1.82) is 0 Å². The number of benzene rings is 3. The lowest BCUT2D eigenvalue weighted by atomic mass is 9.78. The predicted molar refractivity (Wildman–Crippen MR) is 128 cm³/mol. The first kappa shape index (κ1) is 22.7. The lowest BCUT2D eigenvalue weighted by Crippen LogP contribution is -2.20. The molecule has 3 aromatic rings. The molecule has 0 aliphatic heterocycles. The molecular weight excluding hydrogens is 409 g/mol. The third-order valence-corrected chi connectivity index (χ3v) is 5.71. The van der Waals surface area contributed by atoms with E-state index >= 15 is 0 Å². The summed E-state index contributed by atoms with van der Waals surface area (Å²) in [5.41, 5.74) is 2.94. The second-order valence-corrected chi connectivity index (χ2v) is 8.12. The molecule has 3 rings (SSSR count). The highest BCUT2D eigenvalue weighted by Gasteiger charge is 2.24. The maximum absolute atomic E-state index is 14.3. The summed E-state index contributed by atoms with van der Waals surface area (Å²) in [6.07, 6.45) is 8.36. The topological polar surface area (TPSA) is 21.3 Å². The molecule has 0 saturated carbocycles. The van der Waals surface area contributed by atoms with Gasteiger partial charge in [0.15, 0.2) is 0 Å². The molecule has 1 atom stereocenters. The first-order valence-corrected chi connectivity index (χ1v) is 10.8. The molecule has 1 unspecified atom stereocenters. The number of para-hydroxylation sites is 1. The number of hydrogen-bond donors (Lipinski definition) is 1. The van der Waals surface area contributed by atoms with Gasteiger partial charge in [0.25, 0.3) is 0 Å². The Morgan fingerprint density at radius 3 is 2.55 bits per heavy atom. The van der Waals surface area contributed by atoms with E-state index in [4.69, 9.17) is 22.8 Å². The van der Waals surface area contributed by atoms with E-state index < -0.39 is 5.41 Å². The van der Waals surface area contributed by atoms with Crippen LogP contribution in [0.2, 0.25) is 5.02 Å². The predicted octanol–water partition coefficient (Wildman–Crippen LogP) is 7.54. The van der Waals surface area contributed by atoms with Crippen molar-refractivity contribution in [2.75, 3.05) is 11.9 Å². The Labute approximate surface area is 189 Å². The van der Waals surface area contributed by atoms with Crippen LogP contribution in [0.1, 0.15) is 37.8 Å². The second kappa shape index (κ2) is 10.4. The molecule has 160 valence electrons. The van der Waals surface area contributed by atoms with Crippen LogP contribution in [0.15, 0.2) is 66.7 Å². The third kappa shape index (κ3) is 5.81. The second-order valence-electron chi connectivity index (χ2n) is 7.71. The van der Waals surface area contributed by atoms with Gasteiger partial charge in [-0.15, -0.1) is 6.42 Å². The van der Waals surface area contributed by atoms with Crippen LogP contribution in [0.4, 0.5) is 15.8 Å². The number of halogens is 2. The zero-order chi connectivity index (χ0) is 22.3. The average molecular weight is 436 g/mol. The highest BCUT2D eigenvalue weighted by Crippen LogP contribution is 2.34. The molecule has 0 radical (unpaired) electrons. The first-order chi connectivity index (χ1) is 14.9. The molecular formula is C27H27ClFNO. The minimum absolute atomic E-state index is 0.273. The van der Waals surface area contributed by atoms with Crippen LogP contribution >= 0.6 is 11.6 Å². The summed E-state index contributed by atoms with van der Waals surface area (Å²) in [5.74, 6) is 3.33. The number of ether oxygens (including phenoxy) is 1. The van der Waals surface area contributed by atoms with Gasteiger partial charge in [0, 0.05) is 5.69 Å². The third-order valence-electron chi connectivity index (χ3n) is 5.41. The van der Waals surface area contributed by atoms with Gasteiger partial charge in [-0.2, -0.15) is 0 Å². The van der Waals surface area contributed by atoms with Crippen LogP contribution in [-0.4, -0.2) is 6.61 Å². The number of anilines is 2. The van der Waals surface area contributed by atoms with Crippen molar-refractivity contribution in [3.8, 4) is 18.1 Å². The van der Waals surface area contributed by atoms with Crippen molar-refractivity contribution in [3.05, 3.63) is 88.7 Å².